The van der Waals surface area contributed by atoms with Crippen molar-refractivity contribution in [2.45, 2.75) is 105 Å². The largest absolute Gasteiger partial charge is 0.477 e. The van der Waals surface area contributed by atoms with E-state index in [9.17, 15) is 14.5 Å². The van der Waals surface area contributed by atoms with Crippen LogP contribution in [0.5, 0.6) is 0 Å². The Morgan fingerprint density at radius 2 is 1.48 bits per heavy atom. The summed E-state index contributed by atoms with van der Waals surface area (Å²) in [6.45, 7) is 20.0. The third-order valence-corrected chi connectivity index (χ3v) is 5.56. The van der Waals surface area contributed by atoms with Gasteiger partial charge in [0.15, 0.2) is 12.4 Å². The molecular formula is C20H37N2O6P. The molecule has 0 amide bonds. The number of nitrogens with zero attached hydrogens (tertiary/aromatic N) is 2. The molecule has 9 heteroatoms. The Morgan fingerprint density at radius 3 is 1.79 bits per heavy atom. The van der Waals surface area contributed by atoms with E-state index in [4.69, 9.17) is 13.6 Å². The second kappa shape index (κ2) is 8.50. The maximum Gasteiger partial charge on any atom is 0.477 e. The number of hydrogen-bond donors (Lipinski definition) is 1. The van der Waals surface area contributed by atoms with Gasteiger partial charge in [0.25, 0.3) is 0 Å². The molecule has 0 bridgehead atoms. The zero-order chi connectivity index (χ0) is 23.0. The summed E-state index contributed by atoms with van der Waals surface area (Å²) >= 11 is 0. The van der Waals surface area contributed by atoms with E-state index >= 15 is 0 Å². The molecule has 0 spiro atoms. The average molecular weight is 432 g/mol. The van der Waals surface area contributed by atoms with E-state index in [2.05, 4.69) is 5.10 Å². The third kappa shape index (κ3) is 7.52. The van der Waals surface area contributed by atoms with Crippen molar-refractivity contribution >= 4 is 13.8 Å². The third-order valence-electron chi connectivity index (χ3n) is 3.59. The molecule has 1 aromatic heterocycles. The Balaban J connectivity index is 3.42. The van der Waals surface area contributed by atoms with Crippen molar-refractivity contribution in [3.63, 3.8) is 0 Å². The fraction of sp³-hybridized carbons (Fsp3) is 0.800. The van der Waals surface area contributed by atoms with Gasteiger partial charge in [-0.25, -0.2) is 14.0 Å². The predicted molar refractivity (Wildman–Crippen MR) is 112 cm³/mol. The number of carboxylic acids is 1. The lowest BCUT2D eigenvalue weighted by Crippen LogP contribution is -2.26. The number of carboxylic acid groups (broad SMARTS) is 1. The summed E-state index contributed by atoms with van der Waals surface area (Å²) in [7, 11) is -3.96. The monoisotopic (exact) mass is 432 g/mol. The van der Waals surface area contributed by atoms with Crippen molar-refractivity contribution in [3.05, 3.63) is 17.0 Å². The van der Waals surface area contributed by atoms with Crippen LogP contribution in [0.1, 0.15) is 104 Å². The van der Waals surface area contributed by atoms with Crippen LogP contribution in [0, 0.1) is 0 Å². The van der Waals surface area contributed by atoms with Crippen molar-refractivity contribution in [1.82, 2.24) is 9.78 Å². The molecular weight excluding hydrogens is 395 g/mol. The minimum atomic E-state index is -3.96. The topological polar surface area (TPSA) is 99.9 Å². The van der Waals surface area contributed by atoms with Crippen molar-refractivity contribution in [2.75, 3.05) is 0 Å². The molecule has 0 aromatic carbocycles. The Labute approximate surface area is 174 Å². The lowest BCUT2D eigenvalue weighted by Gasteiger charge is -2.31. The summed E-state index contributed by atoms with van der Waals surface area (Å²) in [6, 6.07) is 0. The van der Waals surface area contributed by atoms with Gasteiger partial charge in [-0.2, -0.15) is 5.10 Å². The molecule has 29 heavy (non-hydrogen) atoms. The van der Waals surface area contributed by atoms with Crippen molar-refractivity contribution < 1.29 is 28.0 Å². The molecule has 1 heterocycles. The first-order chi connectivity index (χ1) is 12.8. The molecule has 8 nitrogen and oxygen atoms in total. The maximum atomic E-state index is 13.3. The molecule has 168 valence electrons. The van der Waals surface area contributed by atoms with Crippen molar-refractivity contribution in [2.24, 2.45) is 0 Å². The van der Waals surface area contributed by atoms with Crippen LogP contribution >= 0.6 is 7.82 Å². The van der Waals surface area contributed by atoms with E-state index in [-0.39, 0.29) is 18.3 Å². The lowest BCUT2D eigenvalue weighted by molar-refractivity contribution is -0.00824. The molecule has 0 unspecified atom stereocenters. The highest BCUT2D eigenvalue weighted by Gasteiger charge is 2.38. The van der Waals surface area contributed by atoms with E-state index in [1.54, 1.807) is 41.5 Å². The number of hydrogen-bond acceptors (Lipinski definition) is 6. The standard InChI is InChI=1S/C20H37N2O6P/c1-13(2)14-15(17(23)24)21-22(16(14)18(3,4)5)12-26-29(25,27-19(6,7)8)28-20(9,10)11/h13H,12H2,1-11H3,(H,23,24). The van der Waals surface area contributed by atoms with Crippen molar-refractivity contribution in [3.8, 4) is 0 Å². The van der Waals surface area contributed by atoms with Gasteiger partial charge in [-0.05, 0) is 47.5 Å². The van der Waals surface area contributed by atoms with Crippen LogP contribution < -0.4 is 0 Å². The molecule has 0 aliphatic heterocycles. The van der Waals surface area contributed by atoms with Gasteiger partial charge in [-0.15, -0.1) is 0 Å². The number of carbonyl (C=O) groups is 1. The van der Waals surface area contributed by atoms with Gasteiger partial charge in [0.1, 0.15) is 0 Å². The minimum Gasteiger partial charge on any atom is -0.476 e. The van der Waals surface area contributed by atoms with Crippen LogP contribution in [0.4, 0.5) is 0 Å². The van der Waals surface area contributed by atoms with Crippen LogP contribution in [-0.4, -0.2) is 32.1 Å². The van der Waals surface area contributed by atoms with Gasteiger partial charge in [-0.1, -0.05) is 34.6 Å². The summed E-state index contributed by atoms with van der Waals surface area (Å²) < 4.78 is 31.7. The van der Waals surface area contributed by atoms with Gasteiger partial charge in [0, 0.05) is 11.0 Å². The van der Waals surface area contributed by atoms with Crippen LogP contribution in [0.2, 0.25) is 0 Å². The summed E-state index contributed by atoms with van der Waals surface area (Å²) in [6.07, 6.45) is 0. The second-order valence-corrected chi connectivity index (χ2v) is 12.0. The SMILES string of the molecule is CC(C)c1c(C(=O)O)nn(COP(=O)(OC(C)(C)C)OC(C)(C)C)c1C(C)(C)C. The van der Waals surface area contributed by atoms with Gasteiger partial charge < -0.3 is 5.11 Å². The zero-order valence-electron chi connectivity index (χ0n) is 19.6. The molecule has 0 atom stereocenters. The van der Waals surface area contributed by atoms with Gasteiger partial charge in [0.2, 0.25) is 0 Å². The van der Waals surface area contributed by atoms with E-state index in [1.807, 2.05) is 34.6 Å². The molecule has 0 saturated heterocycles. The molecule has 0 aliphatic rings. The Hall–Kier alpha value is -1.21. The highest BCUT2D eigenvalue weighted by molar-refractivity contribution is 7.48. The Bertz CT molecular complexity index is 759. The van der Waals surface area contributed by atoms with E-state index in [1.165, 1.54) is 4.68 Å². The number of phosphoric ester groups is 1. The summed E-state index contributed by atoms with van der Waals surface area (Å²) in [4.78, 5) is 11.8. The van der Waals surface area contributed by atoms with Crippen LogP contribution in [0.15, 0.2) is 0 Å². The fourth-order valence-corrected chi connectivity index (χ4v) is 4.67. The second-order valence-electron chi connectivity index (χ2n) is 10.4. The van der Waals surface area contributed by atoms with E-state index in [0.717, 1.165) is 0 Å². The normalized spacial score (nSPS) is 13.9. The minimum absolute atomic E-state index is 0.0307. The Morgan fingerprint density at radius 1 is 1.03 bits per heavy atom. The number of aromatic carboxylic acids is 1. The first-order valence-electron chi connectivity index (χ1n) is 9.76. The van der Waals surface area contributed by atoms with Gasteiger partial charge in [-0.3, -0.25) is 13.6 Å². The van der Waals surface area contributed by atoms with Crippen molar-refractivity contribution in [1.29, 1.82) is 0 Å². The lowest BCUT2D eigenvalue weighted by atomic mass is 9.85. The highest BCUT2D eigenvalue weighted by Crippen LogP contribution is 2.55. The molecule has 0 fully saturated rings. The van der Waals surface area contributed by atoms with Crippen LogP contribution in [0.25, 0.3) is 0 Å². The predicted octanol–water partition coefficient (Wildman–Crippen LogP) is 5.71. The summed E-state index contributed by atoms with van der Waals surface area (Å²) in [5.74, 6) is -1.18. The fourth-order valence-electron chi connectivity index (χ4n) is 2.93. The van der Waals surface area contributed by atoms with E-state index < -0.39 is 30.4 Å². The average Bonchev–Trinajstić information content (AvgIpc) is 2.80. The molecule has 1 aromatic rings. The van der Waals surface area contributed by atoms with E-state index in [0.29, 0.717) is 11.3 Å². The first-order valence-corrected chi connectivity index (χ1v) is 11.2. The Kier molecular flexibility index (Phi) is 7.57. The molecule has 0 aliphatic carbocycles. The highest BCUT2D eigenvalue weighted by atomic mass is 31.2. The smallest absolute Gasteiger partial charge is 0.476 e. The molecule has 0 saturated carbocycles. The quantitative estimate of drug-likeness (QED) is 0.550. The maximum absolute atomic E-state index is 13.3. The number of aromatic nitrogens is 2. The van der Waals surface area contributed by atoms with Gasteiger partial charge >= 0.3 is 13.8 Å². The zero-order valence-corrected chi connectivity index (χ0v) is 20.5. The summed E-state index contributed by atoms with van der Waals surface area (Å²) in [5.41, 5.74) is -0.638. The number of phosphoric acid groups is 1. The first kappa shape index (κ1) is 25.8. The molecule has 0 radical (unpaired) electrons. The van der Waals surface area contributed by atoms with Crippen LogP contribution in [0.3, 0.4) is 0 Å². The van der Waals surface area contributed by atoms with Gasteiger partial charge in [0.05, 0.1) is 16.9 Å². The molecule has 1 rings (SSSR count). The number of rotatable bonds is 7. The van der Waals surface area contributed by atoms with Crippen LogP contribution in [-0.2, 0) is 30.3 Å². The molecule has 1 N–H and O–H groups in total. The summed E-state index contributed by atoms with van der Waals surface area (Å²) in [5, 5.41) is 13.9.